The summed E-state index contributed by atoms with van der Waals surface area (Å²) < 4.78 is 35.2. The van der Waals surface area contributed by atoms with Crippen molar-refractivity contribution in [1.29, 1.82) is 0 Å². The molecule has 0 spiro atoms. The third-order valence-corrected chi connectivity index (χ3v) is 8.77. The Morgan fingerprint density at radius 2 is 1.79 bits per heavy atom. The van der Waals surface area contributed by atoms with Gasteiger partial charge in [0.05, 0.1) is 16.9 Å². The highest BCUT2D eigenvalue weighted by Crippen LogP contribution is 2.46. The first-order valence-corrected chi connectivity index (χ1v) is 16.9. The average molecular weight is 725 g/mol. The molecule has 1 aliphatic heterocycles. The fourth-order valence-electron chi connectivity index (χ4n) is 6.05. The molecule has 6 rings (SSSR count). The van der Waals surface area contributed by atoms with Crippen LogP contribution in [-0.4, -0.2) is 50.7 Å². The van der Waals surface area contributed by atoms with Crippen LogP contribution < -0.4 is 16.0 Å². The van der Waals surface area contributed by atoms with Gasteiger partial charge in [-0.05, 0) is 60.9 Å². The quantitative estimate of drug-likeness (QED) is 0.0734. The number of allylic oxidation sites excluding steroid dienone is 8. The van der Waals surface area contributed by atoms with Crippen LogP contribution in [0.4, 0.5) is 31.9 Å². The molecule has 1 amide bonds. The summed E-state index contributed by atoms with van der Waals surface area (Å²) >= 11 is 0. The Morgan fingerprint density at radius 1 is 1.04 bits per heavy atom. The number of nitrogens with one attached hydrogen (secondary N) is 3. The number of nitro groups is 1. The normalized spacial score (nSPS) is 16.4. The number of hydrogen-bond acceptors (Lipinski definition) is 10. The number of benzene rings is 2. The molecular weight excluding hydrogens is 690 g/mol. The van der Waals surface area contributed by atoms with E-state index in [0.717, 1.165) is 30.8 Å². The fraction of sp³-hybridized carbons (Fsp3) is 0.237. The molecule has 1 aromatic heterocycles. The van der Waals surface area contributed by atoms with Gasteiger partial charge in [0, 0.05) is 47.0 Å². The fourth-order valence-corrected chi connectivity index (χ4v) is 6.05. The Balaban J connectivity index is 1.06. The summed E-state index contributed by atoms with van der Waals surface area (Å²) in [5.74, 6) is -4.17. The number of hydrogen-bond donors (Lipinski definition) is 4. The van der Waals surface area contributed by atoms with Crippen molar-refractivity contribution in [3.8, 4) is 0 Å². The summed E-state index contributed by atoms with van der Waals surface area (Å²) in [4.78, 5) is 56.9. The number of rotatable bonds is 14. The lowest BCUT2D eigenvalue weighted by atomic mass is 9.81. The first kappa shape index (κ1) is 36.3. The number of aromatic nitrogens is 2. The third-order valence-electron chi connectivity index (χ3n) is 8.77. The van der Waals surface area contributed by atoms with Gasteiger partial charge in [0.1, 0.15) is 23.5 Å². The number of carbonyl (C=O) groups is 3. The molecule has 0 saturated carbocycles. The van der Waals surface area contributed by atoms with Gasteiger partial charge in [-0.1, -0.05) is 44.0 Å². The summed E-state index contributed by atoms with van der Waals surface area (Å²) in [6.07, 6.45) is 7.21. The number of ether oxygens (including phenoxy) is 1. The van der Waals surface area contributed by atoms with Crippen molar-refractivity contribution in [2.24, 2.45) is 5.92 Å². The SMILES string of the molecule is CC1C=C2OC3=C(C=C(F)C(=O)C3)C(c3ccc(C(=O)NCCCCCCNc4nc(Nc5ccccc5)ncc4[N+](=O)[O-])cc3C(=O)O)=C2C=C1F. The van der Waals surface area contributed by atoms with Gasteiger partial charge in [0.2, 0.25) is 11.8 Å². The molecule has 0 radical (unpaired) electrons. The van der Waals surface area contributed by atoms with Crippen molar-refractivity contribution in [3.05, 3.63) is 134 Å². The standard InChI is InChI=1S/C38H34F2N6O7/c1-21-15-32-26(17-28(21)39)34(27-18-29(40)31(47)19-33(27)53-32)24-12-11-22(16-25(24)37(49)50)36(48)42-14-8-3-2-7-13-41-35-30(46(51)52)20-43-38(45-35)44-23-9-5-4-6-10-23/h4-6,9-12,15-18,20-21H,2-3,7-8,13-14,19H2,1H3,(H,42,48)(H,49,50)(H2,41,43,44,45). The molecular formula is C38H34F2N6O7. The molecule has 15 heteroatoms. The summed E-state index contributed by atoms with van der Waals surface area (Å²) in [6, 6.07) is 13.2. The van der Waals surface area contributed by atoms with E-state index in [4.69, 9.17) is 4.74 Å². The van der Waals surface area contributed by atoms with Gasteiger partial charge in [-0.15, -0.1) is 0 Å². The average Bonchev–Trinajstić information content (AvgIpc) is 3.13. The number of aromatic carboxylic acids is 1. The number of ketones is 1. The predicted octanol–water partition coefficient (Wildman–Crippen LogP) is 7.48. The van der Waals surface area contributed by atoms with Crippen LogP contribution in [0, 0.1) is 16.0 Å². The Morgan fingerprint density at radius 3 is 2.53 bits per heavy atom. The van der Waals surface area contributed by atoms with E-state index >= 15 is 0 Å². The Hall–Kier alpha value is -6.51. The van der Waals surface area contributed by atoms with Gasteiger partial charge in [-0.3, -0.25) is 19.7 Å². The topological polar surface area (TPSA) is 186 Å². The predicted molar refractivity (Wildman–Crippen MR) is 191 cm³/mol. The summed E-state index contributed by atoms with van der Waals surface area (Å²) in [5, 5.41) is 30.5. The van der Waals surface area contributed by atoms with Crippen LogP contribution in [0.3, 0.4) is 0 Å². The van der Waals surface area contributed by atoms with E-state index in [-0.39, 0.29) is 68.8 Å². The molecule has 0 bridgehead atoms. The molecule has 2 heterocycles. The number of unbranched alkanes of at least 4 members (excludes halogenated alkanes) is 3. The zero-order valence-electron chi connectivity index (χ0n) is 28.4. The molecule has 2 aliphatic carbocycles. The van der Waals surface area contributed by atoms with Crippen molar-refractivity contribution in [1.82, 2.24) is 15.3 Å². The minimum Gasteiger partial charge on any atom is -0.478 e. The number of halogens is 2. The van der Waals surface area contributed by atoms with Gasteiger partial charge >= 0.3 is 11.7 Å². The van der Waals surface area contributed by atoms with Crippen LogP contribution in [0.2, 0.25) is 0 Å². The van der Waals surface area contributed by atoms with E-state index in [1.165, 1.54) is 30.4 Å². The van der Waals surface area contributed by atoms with E-state index in [2.05, 4.69) is 25.9 Å². The highest BCUT2D eigenvalue weighted by Gasteiger charge is 2.35. The number of carboxylic acid groups (broad SMARTS) is 1. The monoisotopic (exact) mass is 724 g/mol. The van der Waals surface area contributed by atoms with Crippen LogP contribution in [0.1, 0.15) is 65.3 Å². The zero-order chi connectivity index (χ0) is 37.6. The number of Topliss-reactive ketones (excluding diaryl/α,β-unsaturated/α-hetero) is 1. The van der Waals surface area contributed by atoms with E-state index in [9.17, 15) is 38.4 Å². The molecule has 1 atom stereocenters. The first-order valence-electron chi connectivity index (χ1n) is 16.9. The lowest BCUT2D eigenvalue weighted by Gasteiger charge is -2.31. The zero-order valence-corrected chi connectivity index (χ0v) is 28.4. The Labute approximate surface area is 302 Å². The maximum Gasteiger partial charge on any atom is 0.336 e. The van der Waals surface area contributed by atoms with Gasteiger partial charge in [0.15, 0.2) is 11.6 Å². The highest BCUT2D eigenvalue weighted by atomic mass is 19.1. The van der Waals surface area contributed by atoms with Gasteiger partial charge in [0.25, 0.3) is 5.91 Å². The minimum absolute atomic E-state index is 0.0741. The third kappa shape index (κ3) is 8.19. The van der Waals surface area contributed by atoms with Gasteiger partial charge in [-0.25, -0.2) is 18.6 Å². The van der Waals surface area contributed by atoms with Crippen molar-refractivity contribution >= 4 is 46.4 Å². The van der Waals surface area contributed by atoms with Crippen LogP contribution in [-0.2, 0) is 9.53 Å². The smallest absolute Gasteiger partial charge is 0.336 e. The van der Waals surface area contributed by atoms with Crippen molar-refractivity contribution in [3.63, 3.8) is 0 Å². The second kappa shape index (κ2) is 15.8. The van der Waals surface area contributed by atoms with Crippen LogP contribution in [0.5, 0.6) is 0 Å². The molecule has 1 unspecified atom stereocenters. The lowest BCUT2D eigenvalue weighted by molar-refractivity contribution is -0.384. The highest BCUT2D eigenvalue weighted by molar-refractivity contribution is 6.06. The summed E-state index contributed by atoms with van der Waals surface area (Å²) in [6.45, 7) is 2.33. The van der Waals surface area contributed by atoms with Crippen molar-refractivity contribution in [2.45, 2.75) is 39.0 Å². The molecule has 3 aliphatic rings. The van der Waals surface area contributed by atoms with E-state index in [1.54, 1.807) is 6.92 Å². The second-order valence-corrected chi connectivity index (χ2v) is 12.5. The molecule has 13 nitrogen and oxygen atoms in total. The molecule has 0 saturated heterocycles. The van der Waals surface area contributed by atoms with Crippen LogP contribution in [0.25, 0.3) is 5.57 Å². The molecule has 53 heavy (non-hydrogen) atoms. The lowest BCUT2D eigenvalue weighted by Crippen LogP contribution is -2.25. The number of para-hydroxylation sites is 1. The number of amides is 1. The molecule has 2 aromatic carbocycles. The molecule has 4 N–H and O–H groups in total. The largest absolute Gasteiger partial charge is 0.478 e. The van der Waals surface area contributed by atoms with Crippen LogP contribution >= 0.6 is 0 Å². The van der Waals surface area contributed by atoms with E-state index in [0.29, 0.717) is 25.9 Å². The van der Waals surface area contributed by atoms with Gasteiger partial charge in [-0.2, -0.15) is 4.98 Å². The Bertz CT molecular complexity index is 2160. The maximum absolute atomic E-state index is 14.8. The summed E-state index contributed by atoms with van der Waals surface area (Å²) in [7, 11) is 0. The Kier molecular flexibility index (Phi) is 10.8. The number of nitrogens with zero attached hydrogens (tertiary/aromatic N) is 3. The first-order chi connectivity index (χ1) is 25.5. The number of carboxylic acids is 1. The molecule has 3 aromatic rings. The number of carbonyl (C=O) groups excluding carboxylic acids is 2. The van der Waals surface area contributed by atoms with Crippen molar-refractivity contribution < 1.29 is 37.9 Å². The number of anilines is 3. The van der Waals surface area contributed by atoms with E-state index in [1.807, 2.05) is 30.3 Å². The number of fused-ring (bicyclic) bond motifs is 1. The van der Waals surface area contributed by atoms with Crippen molar-refractivity contribution in [2.75, 3.05) is 23.7 Å². The maximum atomic E-state index is 14.8. The molecule has 0 fully saturated rings. The second-order valence-electron chi connectivity index (χ2n) is 12.5. The van der Waals surface area contributed by atoms with Gasteiger partial charge < -0.3 is 25.8 Å². The van der Waals surface area contributed by atoms with E-state index < -0.39 is 40.2 Å². The van der Waals surface area contributed by atoms with Crippen LogP contribution in [0.15, 0.2) is 107 Å². The minimum atomic E-state index is -1.36. The molecule has 272 valence electrons. The summed E-state index contributed by atoms with van der Waals surface area (Å²) in [5.41, 5.74) is 0.904.